The molecule has 21 heavy (non-hydrogen) atoms. The maximum atomic E-state index is 9.34. The zero-order valence-corrected chi connectivity index (χ0v) is 12.4. The molecule has 2 fully saturated rings. The molecule has 6 heteroatoms. The Hall–Kier alpha value is -1.40. The fourth-order valence-corrected chi connectivity index (χ4v) is 3.07. The second-order valence-corrected chi connectivity index (χ2v) is 5.93. The number of rotatable bonds is 4. The molecule has 0 amide bonds. The zero-order valence-electron chi connectivity index (χ0n) is 12.4. The van der Waals surface area contributed by atoms with Gasteiger partial charge in [-0.2, -0.15) is 0 Å². The van der Waals surface area contributed by atoms with E-state index in [4.69, 9.17) is 4.74 Å². The van der Waals surface area contributed by atoms with Crippen molar-refractivity contribution in [2.45, 2.75) is 31.7 Å². The predicted octanol–water partition coefficient (Wildman–Crippen LogP) is 1.28. The summed E-state index contributed by atoms with van der Waals surface area (Å²) in [5.41, 5.74) is 0. The molecule has 6 nitrogen and oxygen atoms in total. The zero-order chi connectivity index (χ0) is 14.5. The number of nitrogens with one attached hydrogen (secondary N) is 1. The molecule has 2 saturated heterocycles. The molecule has 0 aliphatic carbocycles. The van der Waals surface area contributed by atoms with Crippen LogP contribution < -0.4 is 10.2 Å². The van der Waals surface area contributed by atoms with Crippen LogP contribution in [-0.2, 0) is 4.74 Å². The number of aliphatic hydroxyl groups excluding tert-OH is 1. The van der Waals surface area contributed by atoms with Gasteiger partial charge in [0, 0.05) is 45.0 Å². The van der Waals surface area contributed by atoms with Crippen molar-refractivity contribution in [1.29, 1.82) is 0 Å². The van der Waals surface area contributed by atoms with Crippen LogP contribution in [0, 0.1) is 5.92 Å². The van der Waals surface area contributed by atoms with Gasteiger partial charge in [-0.15, -0.1) is 0 Å². The molecule has 0 saturated carbocycles. The molecular weight excluding hydrogens is 268 g/mol. The first-order valence-corrected chi connectivity index (χ1v) is 7.87. The van der Waals surface area contributed by atoms with Crippen LogP contribution in [-0.4, -0.2) is 54.0 Å². The van der Waals surface area contributed by atoms with Gasteiger partial charge in [0.05, 0.1) is 0 Å². The highest BCUT2D eigenvalue weighted by Crippen LogP contribution is 2.23. The highest BCUT2D eigenvalue weighted by molar-refractivity contribution is 5.49. The van der Waals surface area contributed by atoms with Gasteiger partial charge >= 0.3 is 0 Å². The van der Waals surface area contributed by atoms with E-state index >= 15 is 0 Å². The lowest BCUT2D eigenvalue weighted by Crippen LogP contribution is -2.37. The van der Waals surface area contributed by atoms with E-state index in [-0.39, 0.29) is 6.61 Å². The molecule has 3 heterocycles. The third-order valence-electron chi connectivity index (χ3n) is 4.33. The summed E-state index contributed by atoms with van der Waals surface area (Å²) in [6.07, 6.45) is 5.88. The Labute approximate surface area is 125 Å². The fraction of sp³-hybridized carbons (Fsp3) is 0.733. The number of hydrogen-bond acceptors (Lipinski definition) is 6. The fourth-order valence-electron chi connectivity index (χ4n) is 3.07. The SMILES string of the molecule is OCC1CCCN(c2cc(NC3CCOCC3)ncn2)C1. The second-order valence-electron chi connectivity index (χ2n) is 5.93. The first-order valence-electron chi connectivity index (χ1n) is 7.87. The molecule has 0 bridgehead atoms. The molecule has 116 valence electrons. The molecule has 0 spiro atoms. The quantitative estimate of drug-likeness (QED) is 0.871. The van der Waals surface area contributed by atoms with Crippen LogP contribution in [0.5, 0.6) is 0 Å². The van der Waals surface area contributed by atoms with Crippen molar-refractivity contribution >= 4 is 11.6 Å². The normalized spacial score (nSPS) is 24.0. The van der Waals surface area contributed by atoms with Crippen molar-refractivity contribution in [2.24, 2.45) is 5.92 Å². The molecule has 0 aromatic carbocycles. The Morgan fingerprint density at radius 3 is 2.95 bits per heavy atom. The minimum Gasteiger partial charge on any atom is -0.396 e. The number of anilines is 2. The molecule has 2 aliphatic heterocycles. The lowest BCUT2D eigenvalue weighted by Gasteiger charge is -2.33. The summed E-state index contributed by atoms with van der Waals surface area (Å²) in [6.45, 7) is 3.78. The Kier molecular flexibility index (Phi) is 4.87. The molecule has 2 N–H and O–H groups in total. The molecule has 1 aromatic heterocycles. The van der Waals surface area contributed by atoms with Gasteiger partial charge in [0.25, 0.3) is 0 Å². The molecule has 0 radical (unpaired) electrons. The highest BCUT2D eigenvalue weighted by atomic mass is 16.5. The van der Waals surface area contributed by atoms with Crippen molar-refractivity contribution in [2.75, 3.05) is 43.1 Å². The smallest absolute Gasteiger partial charge is 0.134 e. The average Bonchev–Trinajstić information content (AvgIpc) is 2.56. The molecule has 1 atom stereocenters. The Balaban J connectivity index is 1.64. The van der Waals surface area contributed by atoms with Crippen LogP contribution >= 0.6 is 0 Å². The number of aromatic nitrogens is 2. The number of aliphatic hydroxyl groups is 1. The predicted molar refractivity (Wildman–Crippen MR) is 81.5 cm³/mol. The number of hydrogen-bond donors (Lipinski definition) is 2. The Morgan fingerprint density at radius 2 is 2.14 bits per heavy atom. The summed E-state index contributed by atoms with van der Waals surface area (Å²) in [4.78, 5) is 11.0. The molecular formula is C15H24N4O2. The van der Waals surface area contributed by atoms with Crippen LogP contribution in [0.1, 0.15) is 25.7 Å². The van der Waals surface area contributed by atoms with Crippen molar-refractivity contribution in [3.8, 4) is 0 Å². The number of piperidine rings is 1. The van der Waals surface area contributed by atoms with Crippen LogP contribution in [0.25, 0.3) is 0 Å². The van der Waals surface area contributed by atoms with Gasteiger partial charge in [0.1, 0.15) is 18.0 Å². The van der Waals surface area contributed by atoms with E-state index in [0.29, 0.717) is 12.0 Å². The summed E-state index contributed by atoms with van der Waals surface area (Å²) in [7, 11) is 0. The molecule has 1 aromatic rings. The van der Waals surface area contributed by atoms with E-state index in [9.17, 15) is 5.11 Å². The van der Waals surface area contributed by atoms with E-state index in [0.717, 1.165) is 63.6 Å². The first kappa shape index (κ1) is 14.5. The van der Waals surface area contributed by atoms with Gasteiger partial charge in [-0.1, -0.05) is 0 Å². The van der Waals surface area contributed by atoms with E-state index in [1.165, 1.54) is 0 Å². The monoisotopic (exact) mass is 292 g/mol. The van der Waals surface area contributed by atoms with Crippen LogP contribution in [0.2, 0.25) is 0 Å². The summed E-state index contributed by atoms with van der Waals surface area (Å²) < 4.78 is 5.38. The van der Waals surface area contributed by atoms with Gasteiger partial charge in [0.2, 0.25) is 0 Å². The summed E-state index contributed by atoms with van der Waals surface area (Å²) >= 11 is 0. The van der Waals surface area contributed by atoms with Crippen molar-refractivity contribution in [3.05, 3.63) is 12.4 Å². The topological polar surface area (TPSA) is 70.5 Å². The van der Waals surface area contributed by atoms with Crippen molar-refractivity contribution in [1.82, 2.24) is 9.97 Å². The third kappa shape index (κ3) is 3.83. The summed E-state index contributed by atoms with van der Waals surface area (Å²) in [5, 5.41) is 12.8. The van der Waals surface area contributed by atoms with Crippen LogP contribution in [0.3, 0.4) is 0 Å². The van der Waals surface area contributed by atoms with Gasteiger partial charge in [-0.3, -0.25) is 0 Å². The third-order valence-corrected chi connectivity index (χ3v) is 4.33. The number of ether oxygens (including phenoxy) is 1. The highest BCUT2D eigenvalue weighted by Gasteiger charge is 2.21. The number of nitrogens with zero attached hydrogens (tertiary/aromatic N) is 3. The van der Waals surface area contributed by atoms with E-state index in [1.54, 1.807) is 6.33 Å². The Morgan fingerprint density at radius 1 is 1.29 bits per heavy atom. The van der Waals surface area contributed by atoms with E-state index in [1.807, 2.05) is 6.07 Å². The lowest BCUT2D eigenvalue weighted by atomic mass is 9.99. The van der Waals surface area contributed by atoms with Gasteiger partial charge in [0.15, 0.2) is 0 Å². The summed E-state index contributed by atoms with van der Waals surface area (Å²) in [5.74, 6) is 2.20. The largest absolute Gasteiger partial charge is 0.396 e. The second kappa shape index (κ2) is 7.04. The maximum Gasteiger partial charge on any atom is 0.134 e. The van der Waals surface area contributed by atoms with Crippen molar-refractivity contribution in [3.63, 3.8) is 0 Å². The van der Waals surface area contributed by atoms with Crippen LogP contribution in [0.4, 0.5) is 11.6 Å². The van der Waals surface area contributed by atoms with Crippen LogP contribution in [0.15, 0.2) is 12.4 Å². The van der Waals surface area contributed by atoms with E-state index < -0.39 is 0 Å². The van der Waals surface area contributed by atoms with Gasteiger partial charge in [-0.05, 0) is 31.6 Å². The molecule has 3 rings (SSSR count). The van der Waals surface area contributed by atoms with Crippen molar-refractivity contribution < 1.29 is 9.84 Å². The molecule has 2 aliphatic rings. The molecule has 1 unspecified atom stereocenters. The summed E-state index contributed by atoms with van der Waals surface area (Å²) in [6, 6.07) is 2.46. The first-order chi connectivity index (χ1) is 10.3. The van der Waals surface area contributed by atoms with Gasteiger partial charge < -0.3 is 20.1 Å². The van der Waals surface area contributed by atoms with E-state index in [2.05, 4.69) is 20.2 Å². The maximum absolute atomic E-state index is 9.34. The Bertz CT molecular complexity index is 451. The lowest BCUT2D eigenvalue weighted by molar-refractivity contribution is 0.0904. The average molecular weight is 292 g/mol. The standard InChI is InChI=1S/C15H24N4O2/c20-10-12-2-1-5-19(9-12)15-8-14(16-11-17-15)18-13-3-6-21-7-4-13/h8,11-13,20H,1-7,9-10H2,(H,16,17,18). The minimum absolute atomic E-state index is 0.259. The van der Waals surface area contributed by atoms with Gasteiger partial charge in [-0.25, -0.2) is 9.97 Å². The minimum atomic E-state index is 0.259.